The number of nitrogens with zero attached hydrogens (tertiary/aromatic N) is 2. The molecule has 1 aromatic heterocycles. The monoisotopic (exact) mass is 375 g/mol. The quantitative estimate of drug-likeness (QED) is 0.639. The maximum Gasteiger partial charge on any atom is 0.338 e. The van der Waals surface area contributed by atoms with Gasteiger partial charge in [-0.15, -0.1) is 0 Å². The van der Waals surface area contributed by atoms with E-state index in [-0.39, 0.29) is 12.0 Å². The fourth-order valence-electron chi connectivity index (χ4n) is 3.94. The molecule has 0 fully saturated rings. The van der Waals surface area contributed by atoms with Gasteiger partial charge in [0.25, 0.3) is 0 Å². The molecule has 0 unspecified atom stereocenters. The minimum atomic E-state index is -0.274. The normalized spacial score (nSPS) is 16.0. The van der Waals surface area contributed by atoms with Crippen LogP contribution in [0.1, 0.15) is 43.9 Å². The lowest BCUT2D eigenvalue weighted by molar-refractivity contribution is -0.139. The third kappa shape index (κ3) is 3.07. The molecule has 0 aliphatic carbocycles. The smallest absolute Gasteiger partial charge is 0.338 e. The van der Waals surface area contributed by atoms with Crippen LogP contribution in [-0.4, -0.2) is 22.1 Å². The number of imidazole rings is 1. The highest BCUT2D eigenvalue weighted by atomic mass is 16.5. The van der Waals surface area contributed by atoms with Gasteiger partial charge in [-0.05, 0) is 38.0 Å². The SMILES string of the molecule is CCCC1=C(C(=O)OCC)[C@H](c2cccc(C)c2)n2c(nc3ccccc32)N1. The number of fused-ring (bicyclic) bond motifs is 3. The molecule has 5 nitrogen and oxygen atoms in total. The number of hydrogen-bond acceptors (Lipinski definition) is 4. The summed E-state index contributed by atoms with van der Waals surface area (Å²) in [4.78, 5) is 17.9. The average molecular weight is 375 g/mol. The summed E-state index contributed by atoms with van der Waals surface area (Å²) in [5, 5.41) is 3.42. The Labute approximate surface area is 165 Å². The van der Waals surface area contributed by atoms with Gasteiger partial charge < -0.3 is 10.1 Å². The Morgan fingerprint density at radius 3 is 2.75 bits per heavy atom. The van der Waals surface area contributed by atoms with E-state index < -0.39 is 0 Å². The van der Waals surface area contributed by atoms with Crippen molar-refractivity contribution >= 4 is 23.0 Å². The molecule has 0 radical (unpaired) electrons. The molecule has 0 saturated heterocycles. The van der Waals surface area contributed by atoms with Gasteiger partial charge in [-0.25, -0.2) is 9.78 Å². The Kier molecular flexibility index (Phi) is 4.90. The third-order valence-electron chi connectivity index (χ3n) is 5.07. The highest BCUT2D eigenvalue weighted by Crippen LogP contribution is 2.40. The van der Waals surface area contributed by atoms with Gasteiger partial charge in [0.15, 0.2) is 0 Å². The number of aryl methyl sites for hydroxylation is 1. The van der Waals surface area contributed by atoms with Gasteiger partial charge in [0, 0.05) is 5.70 Å². The molecular formula is C23H25N3O2. The first-order valence-electron chi connectivity index (χ1n) is 9.84. The molecule has 2 heterocycles. The molecule has 0 amide bonds. The summed E-state index contributed by atoms with van der Waals surface area (Å²) in [5.74, 6) is 0.498. The van der Waals surface area contributed by atoms with Crippen LogP contribution in [0.4, 0.5) is 5.95 Å². The van der Waals surface area contributed by atoms with Crippen molar-refractivity contribution in [3.8, 4) is 0 Å². The van der Waals surface area contributed by atoms with Crippen molar-refractivity contribution in [2.24, 2.45) is 0 Å². The summed E-state index contributed by atoms with van der Waals surface area (Å²) in [6.45, 7) is 6.36. The van der Waals surface area contributed by atoms with Crippen LogP contribution in [0.3, 0.4) is 0 Å². The molecule has 1 atom stereocenters. The molecule has 5 heteroatoms. The van der Waals surface area contributed by atoms with Crippen LogP contribution in [-0.2, 0) is 9.53 Å². The molecule has 1 N–H and O–H groups in total. The lowest BCUT2D eigenvalue weighted by Gasteiger charge is -2.31. The number of benzene rings is 2. The molecule has 144 valence electrons. The van der Waals surface area contributed by atoms with Gasteiger partial charge in [0.05, 0.1) is 29.3 Å². The standard InChI is InChI=1S/C23H25N3O2/c1-4-9-18-20(22(27)28-5-2)21(16-11-8-10-15(3)14-16)26-19-13-7-6-12-17(19)24-23(26)25-18/h6-8,10-14,21H,4-5,9H2,1-3H3,(H,24,25)/t21-/m0/s1. The Hall–Kier alpha value is -3.08. The topological polar surface area (TPSA) is 56.2 Å². The van der Waals surface area contributed by atoms with E-state index in [4.69, 9.17) is 9.72 Å². The van der Waals surface area contributed by atoms with Crippen molar-refractivity contribution in [3.05, 3.63) is 70.9 Å². The number of nitrogens with one attached hydrogen (secondary N) is 1. The van der Waals surface area contributed by atoms with Crippen molar-refractivity contribution in [2.75, 3.05) is 11.9 Å². The number of aromatic nitrogens is 2. The number of carbonyl (C=O) groups excluding carboxylic acids is 1. The molecule has 1 aliphatic rings. The fraction of sp³-hybridized carbons (Fsp3) is 0.304. The lowest BCUT2D eigenvalue weighted by atomic mass is 9.92. The highest BCUT2D eigenvalue weighted by molar-refractivity contribution is 5.94. The summed E-state index contributed by atoms with van der Waals surface area (Å²) < 4.78 is 7.59. The Balaban J connectivity index is 2.00. The van der Waals surface area contributed by atoms with Crippen molar-refractivity contribution in [2.45, 2.75) is 39.7 Å². The number of allylic oxidation sites excluding steroid dienone is 1. The van der Waals surface area contributed by atoms with Crippen LogP contribution in [0.25, 0.3) is 11.0 Å². The first-order chi connectivity index (χ1) is 13.6. The van der Waals surface area contributed by atoms with Gasteiger partial charge in [0.1, 0.15) is 0 Å². The average Bonchev–Trinajstić information content (AvgIpc) is 3.05. The van der Waals surface area contributed by atoms with Gasteiger partial charge in [-0.2, -0.15) is 0 Å². The van der Waals surface area contributed by atoms with Gasteiger partial charge in [-0.1, -0.05) is 55.3 Å². The second-order valence-electron chi connectivity index (χ2n) is 7.10. The first kappa shape index (κ1) is 18.3. The van der Waals surface area contributed by atoms with Crippen LogP contribution < -0.4 is 5.32 Å². The molecule has 0 bridgehead atoms. The summed E-state index contributed by atoms with van der Waals surface area (Å²) in [6.07, 6.45) is 1.69. The highest BCUT2D eigenvalue weighted by Gasteiger charge is 2.35. The number of rotatable bonds is 5. The number of anilines is 1. The van der Waals surface area contributed by atoms with Gasteiger partial charge >= 0.3 is 5.97 Å². The molecule has 2 aromatic carbocycles. The van der Waals surface area contributed by atoms with E-state index in [2.05, 4.69) is 41.9 Å². The van der Waals surface area contributed by atoms with E-state index in [1.54, 1.807) is 0 Å². The van der Waals surface area contributed by atoms with Crippen molar-refractivity contribution in [3.63, 3.8) is 0 Å². The molecular weight excluding hydrogens is 350 g/mol. The zero-order chi connectivity index (χ0) is 19.7. The molecule has 1 aliphatic heterocycles. The second-order valence-corrected chi connectivity index (χ2v) is 7.10. The van der Waals surface area contributed by atoms with E-state index in [0.29, 0.717) is 12.2 Å². The van der Waals surface area contributed by atoms with Crippen LogP contribution in [0.5, 0.6) is 0 Å². The lowest BCUT2D eigenvalue weighted by Crippen LogP contribution is -2.29. The maximum absolute atomic E-state index is 13.1. The molecule has 3 aromatic rings. The number of esters is 1. The van der Waals surface area contributed by atoms with Crippen molar-refractivity contribution in [1.82, 2.24) is 9.55 Å². The number of ether oxygens (including phenoxy) is 1. The Bertz CT molecular complexity index is 1060. The first-order valence-corrected chi connectivity index (χ1v) is 9.84. The van der Waals surface area contributed by atoms with Crippen molar-refractivity contribution < 1.29 is 9.53 Å². The minimum absolute atomic E-state index is 0.270. The number of carbonyl (C=O) groups is 1. The van der Waals surface area contributed by atoms with Crippen LogP contribution in [0.15, 0.2) is 59.8 Å². The Morgan fingerprint density at radius 2 is 2.00 bits per heavy atom. The van der Waals surface area contributed by atoms with Gasteiger partial charge in [0.2, 0.25) is 5.95 Å². The fourth-order valence-corrected chi connectivity index (χ4v) is 3.94. The molecule has 28 heavy (non-hydrogen) atoms. The van der Waals surface area contributed by atoms with Crippen LogP contribution in [0, 0.1) is 6.92 Å². The van der Waals surface area contributed by atoms with E-state index >= 15 is 0 Å². The zero-order valence-electron chi connectivity index (χ0n) is 16.5. The number of para-hydroxylation sites is 2. The van der Waals surface area contributed by atoms with Crippen molar-refractivity contribution in [1.29, 1.82) is 0 Å². The van der Waals surface area contributed by atoms with Crippen LogP contribution >= 0.6 is 0 Å². The van der Waals surface area contributed by atoms with Gasteiger partial charge in [-0.3, -0.25) is 4.57 Å². The van der Waals surface area contributed by atoms with E-state index in [9.17, 15) is 4.79 Å². The third-order valence-corrected chi connectivity index (χ3v) is 5.07. The largest absolute Gasteiger partial charge is 0.463 e. The second kappa shape index (κ2) is 7.50. The summed E-state index contributed by atoms with van der Waals surface area (Å²) >= 11 is 0. The number of hydrogen-bond donors (Lipinski definition) is 1. The molecule has 0 spiro atoms. The van der Waals surface area contributed by atoms with E-state index in [1.165, 1.54) is 0 Å². The molecule has 0 saturated carbocycles. The van der Waals surface area contributed by atoms with Crippen LogP contribution in [0.2, 0.25) is 0 Å². The van der Waals surface area contributed by atoms with E-state index in [0.717, 1.165) is 46.6 Å². The predicted octanol–water partition coefficient (Wildman–Crippen LogP) is 4.98. The maximum atomic E-state index is 13.1. The zero-order valence-corrected chi connectivity index (χ0v) is 16.5. The van der Waals surface area contributed by atoms with E-state index in [1.807, 2.05) is 37.3 Å². The Morgan fingerprint density at radius 1 is 1.18 bits per heavy atom. The minimum Gasteiger partial charge on any atom is -0.463 e. The summed E-state index contributed by atoms with van der Waals surface area (Å²) in [7, 11) is 0. The predicted molar refractivity (Wildman–Crippen MR) is 111 cm³/mol. The molecule has 4 rings (SSSR count). The summed E-state index contributed by atoms with van der Waals surface area (Å²) in [5.41, 5.74) is 5.68. The summed E-state index contributed by atoms with van der Waals surface area (Å²) in [6, 6.07) is 16.1.